The van der Waals surface area contributed by atoms with E-state index >= 15 is 0 Å². The van der Waals surface area contributed by atoms with E-state index in [4.69, 9.17) is 0 Å². The molecule has 0 aromatic carbocycles. The summed E-state index contributed by atoms with van der Waals surface area (Å²) in [5.74, 6) is 1.15. The van der Waals surface area contributed by atoms with Crippen molar-refractivity contribution < 1.29 is 8.42 Å². The minimum atomic E-state index is -2.87. The van der Waals surface area contributed by atoms with Crippen molar-refractivity contribution >= 4 is 15.7 Å². The molecule has 1 aromatic rings. The van der Waals surface area contributed by atoms with Crippen molar-refractivity contribution in [2.45, 2.75) is 25.8 Å². The van der Waals surface area contributed by atoms with Crippen LogP contribution in [-0.2, 0) is 9.84 Å². The van der Waals surface area contributed by atoms with Crippen molar-refractivity contribution in [2.24, 2.45) is 0 Å². The van der Waals surface area contributed by atoms with E-state index < -0.39 is 9.84 Å². The number of nitrogens with one attached hydrogen (secondary N) is 1. The van der Waals surface area contributed by atoms with Crippen LogP contribution in [0.2, 0.25) is 0 Å². The first kappa shape index (κ1) is 11.3. The maximum atomic E-state index is 11.4. The summed E-state index contributed by atoms with van der Waals surface area (Å²) in [7, 11) is -2.87. The van der Waals surface area contributed by atoms with Crippen molar-refractivity contribution in [1.82, 2.24) is 10.2 Å². The average Bonchev–Trinajstić information content (AvgIpc) is 2.20. The summed E-state index contributed by atoms with van der Waals surface area (Å²) in [6.45, 7) is 1.86. The summed E-state index contributed by atoms with van der Waals surface area (Å²) >= 11 is 0. The normalized spacial score (nSPS) is 23.9. The lowest BCUT2D eigenvalue weighted by Crippen LogP contribution is -2.35. The van der Waals surface area contributed by atoms with Crippen LogP contribution in [0.5, 0.6) is 0 Å². The van der Waals surface area contributed by atoms with E-state index in [2.05, 4.69) is 15.5 Å². The van der Waals surface area contributed by atoms with Crippen LogP contribution in [0.4, 0.5) is 5.82 Å². The van der Waals surface area contributed by atoms with Crippen LogP contribution in [0, 0.1) is 6.92 Å². The molecular formula is C10H15N3O2S. The van der Waals surface area contributed by atoms with Crippen molar-refractivity contribution in [1.29, 1.82) is 0 Å². The predicted molar refractivity (Wildman–Crippen MR) is 62.1 cm³/mol. The van der Waals surface area contributed by atoms with Gasteiger partial charge in [0.25, 0.3) is 0 Å². The lowest BCUT2D eigenvalue weighted by atomic mass is 10.2. The van der Waals surface area contributed by atoms with E-state index in [-0.39, 0.29) is 11.8 Å². The Bertz CT molecular complexity index is 455. The number of hydrogen-bond donors (Lipinski definition) is 1. The van der Waals surface area contributed by atoms with Gasteiger partial charge in [-0.2, -0.15) is 5.10 Å². The molecule has 0 amide bonds. The highest BCUT2D eigenvalue weighted by atomic mass is 32.2. The summed E-state index contributed by atoms with van der Waals surface area (Å²) in [6.07, 6.45) is 1.59. The van der Waals surface area contributed by atoms with Crippen LogP contribution in [0.15, 0.2) is 12.1 Å². The predicted octanol–water partition coefficient (Wildman–Crippen LogP) is 0.774. The smallest absolute Gasteiger partial charge is 0.152 e. The highest BCUT2D eigenvalue weighted by molar-refractivity contribution is 7.91. The highest BCUT2D eigenvalue weighted by Gasteiger charge is 2.24. The molecule has 0 saturated carbocycles. The fraction of sp³-hybridized carbons (Fsp3) is 0.600. The number of rotatable bonds is 2. The Balaban J connectivity index is 2.02. The van der Waals surface area contributed by atoms with E-state index in [1.54, 1.807) is 0 Å². The second-order valence-corrected chi connectivity index (χ2v) is 6.39. The van der Waals surface area contributed by atoms with Crippen molar-refractivity contribution in [3.8, 4) is 0 Å². The molecule has 5 nitrogen and oxygen atoms in total. The summed E-state index contributed by atoms with van der Waals surface area (Å²) in [5, 5.41) is 11.0. The molecule has 1 fully saturated rings. The van der Waals surface area contributed by atoms with Gasteiger partial charge >= 0.3 is 0 Å². The molecule has 88 valence electrons. The standard InChI is InChI=1S/C10H15N3O2S/c1-8-4-5-10(13-12-8)11-9-3-2-6-16(14,15)7-9/h4-5,9H,2-3,6-7H2,1H3,(H,11,13). The summed E-state index contributed by atoms with van der Waals surface area (Å²) in [5.41, 5.74) is 0.849. The zero-order chi connectivity index (χ0) is 11.6. The van der Waals surface area contributed by atoms with Crippen LogP contribution < -0.4 is 5.32 Å². The maximum absolute atomic E-state index is 11.4. The van der Waals surface area contributed by atoms with Gasteiger partial charge in [-0.1, -0.05) is 0 Å². The monoisotopic (exact) mass is 241 g/mol. The number of anilines is 1. The van der Waals surface area contributed by atoms with Gasteiger partial charge < -0.3 is 5.32 Å². The first-order valence-corrected chi connectivity index (χ1v) is 7.15. The largest absolute Gasteiger partial charge is 0.365 e. The number of aromatic nitrogens is 2. The lowest BCUT2D eigenvalue weighted by Gasteiger charge is -2.23. The van der Waals surface area contributed by atoms with Crippen LogP contribution in [0.25, 0.3) is 0 Å². The Morgan fingerprint density at radius 1 is 1.38 bits per heavy atom. The lowest BCUT2D eigenvalue weighted by molar-refractivity contribution is 0.561. The number of sulfone groups is 1. The van der Waals surface area contributed by atoms with Gasteiger partial charge in [-0.05, 0) is 31.9 Å². The van der Waals surface area contributed by atoms with Crippen LogP contribution in [0.3, 0.4) is 0 Å². The van der Waals surface area contributed by atoms with Crippen LogP contribution in [0.1, 0.15) is 18.5 Å². The number of nitrogens with zero attached hydrogens (tertiary/aromatic N) is 2. The highest BCUT2D eigenvalue weighted by Crippen LogP contribution is 2.15. The van der Waals surface area contributed by atoms with Gasteiger partial charge in [0.05, 0.1) is 17.2 Å². The summed E-state index contributed by atoms with van der Waals surface area (Å²) in [6, 6.07) is 3.65. The van der Waals surface area contributed by atoms with Gasteiger partial charge in [0.1, 0.15) is 5.82 Å². The summed E-state index contributed by atoms with van der Waals surface area (Å²) in [4.78, 5) is 0. The van der Waals surface area contributed by atoms with E-state index in [0.717, 1.165) is 18.5 Å². The Morgan fingerprint density at radius 2 is 2.19 bits per heavy atom. The Hall–Kier alpha value is -1.17. The Labute approximate surface area is 95.2 Å². The molecule has 1 aliphatic heterocycles. The zero-order valence-corrected chi connectivity index (χ0v) is 10.00. The molecule has 0 radical (unpaired) electrons. The SMILES string of the molecule is Cc1ccc(NC2CCCS(=O)(=O)C2)nn1. The molecule has 1 unspecified atom stereocenters. The van der Waals surface area contributed by atoms with Crippen molar-refractivity contribution in [3.05, 3.63) is 17.8 Å². The third-order valence-corrected chi connectivity index (χ3v) is 4.43. The van der Waals surface area contributed by atoms with Crippen LogP contribution >= 0.6 is 0 Å². The molecule has 1 atom stereocenters. The van der Waals surface area contributed by atoms with Crippen molar-refractivity contribution in [2.75, 3.05) is 16.8 Å². The molecule has 1 saturated heterocycles. The fourth-order valence-electron chi connectivity index (χ4n) is 1.82. The van der Waals surface area contributed by atoms with Gasteiger partial charge in [-0.25, -0.2) is 8.42 Å². The third kappa shape index (κ3) is 2.91. The second kappa shape index (κ2) is 4.37. The molecule has 1 aromatic heterocycles. The molecule has 0 aliphatic carbocycles. The molecule has 2 heterocycles. The molecule has 0 bridgehead atoms. The molecule has 1 aliphatic rings. The van der Waals surface area contributed by atoms with Gasteiger partial charge in [0.2, 0.25) is 0 Å². The van der Waals surface area contributed by atoms with E-state index in [0.29, 0.717) is 11.6 Å². The number of hydrogen-bond acceptors (Lipinski definition) is 5. The fourth-order valence-corrected chi connectivity index (χ4v) is 3.46. The Kier molecular flexibility index (Phi) is 3.09. The van der Waals surface area contributed by atoms with Gasteiger partial charge in [0.15, 0.2) is 9.84 Å². The molecule has 16 heavy (non-hydrogen) atoms. The Morgan fingerprint density at radius 3 is 2.81 bits per heavy atom. The summed E-state index contributed by atoms with van der Waals surface area (Å²) < 4.78 is 22.9. The maximum Gasteiger partial charge on any atom is 0.152 e. The minimum Gasteiger partial charge on any atom is -0.365 e. The second-order valence-electron chi connectivity index (χ2n) is 4.16. The first-order valence-electron chi connectivity index (χ1n) is 5.32. The number of aryl methyl sites for hydroxylation is 1. The van der Waals surface area contributed by atoms with E-state index in [1.807, 2.05) is 19.1 Å². The molecular weight excluding hydrogens is 226 g/mol. The van der Waals surface area contributed by atoms with E-state index in [9.17, 15) is 8.42 Å². The quantitative estimate of drug-likeness (QED) is 0.828. The average molecular weight is 241 g/mol. The topological polar surface area (TPSA) is 72.0 Å². The van der Waals surface area contributed by atoms with E-state index in [1.165, 1.54) is 0 Å². The molecule has 2 rings (SSSR count). The molecule has 6 heteroatoms. The third-order valence-electron chi connectivity index (χ3n) is 2.61. The first-order chi connectivity index (χ1) is 7.55. The van der Waals surface area contributed by atoms with Gasteiger partial charge in [-0.15, -0.1) is 5.10 Å². The zero-order valence-electron chi connectivity index (χ0n) is 9.18. The van der Waals surface area contributed by atoms with Gasteiger partial charge in [-0.3, -0.25) is 0 Å². The molecule has 0 spiro atoms. The molecule has 1 N–H and O–H groups in total. The van der Waals surface area contributed by atoms with Gasteiger partial charge in [0, 0.05) is 6.04 Å². The minimum absolute atomic E-state index is 0.0317. The van der Waals surface area contributed by atoms with Crippen LogP contribution in [-0.4, -0.2) is 36.2 Å². The van der Waals surface area contributed by atoms with Crippen molar-refractivity contribution in [3.63, 3.8) is 0 Å².